The highest BCUT2D eigenvalue weighted by Gasteiger charge is 2.07. The number of aryl methyl sites for hydroxylation is 1. The topological polar surface area (TPSA) is 37.8 Å². The van der Waals surface area contributed by atoms with Crippen LogP contribution in [0.4, 0.5) is 10.3 Å². The molecule has 0 atom stereocenters. The maximum absolute atomic E-state index is 13.6. The third-order valence-corrected chi connectivity index (χ3v) is 3.54. The lowest BCUT2D eigenvalue weighted by Crippen LogP contribution is -2.03. The van der Waals surface area contributed by atoms with Gasteiger partial charge in [-0.3, -0.25) is 0 Å². The molecule has 0 aliphatic carbocycles. The molecule has 0 aliphatic heterocycles. The molecule has 0 saturated carbocycles. The summed E-state index contributed by atoms with van der Waals surface area (Å²) in [5.41, 5.74) is 2.36. The molecule has 2 aromatic rings. The molecule has 1 aromatic carbocycles. The summed E-state index contributed by atoms with van der Waals surface area (Å²) in [7, 11) is 0. The summed E-state index contributed by atoms with van der Waals surface area (Å²) in [6.45, 7) is 4.71. The first kappa shape index (κ1) is 13.8. The van der Waals surface area contributed by atoms with Crippen LogP contribution in [0.3, 0.4) is 0 Å². The molecule has 2 rings (SSSR count). The van der Waals surface area contributed by atoms with Gasteiger partial charge in [0.15, 0.2) is 5.82 Å². The normalized spacial score (nSPS) is 10.5. The quantitative estimate of drug-likeness (QED) is 0.668. The van der Waals surface area contributed by atoms with Crippen molar-refractivity contribution in [1.29, 1.82) is 0 Å². The third-order valence-electron chi connectivity index (χ3n) is 2.50. The Morgan fingerprint density at radius 3 is 2.95 bits per heavy atom. The summed E-state index contributed by atoms with van der Waals surface area (Å²) in [6.07, 6.45) is 1.21. The summed E-state index contributed by atoms with van der Waals surface area (Å²) in [5.74, 6) is 0.788. The molecule has 3 nitrogen and oxygen atoms in total. The van der Waals surface area contributed by atoms with Crippen molar-refractivity contribution < 1.29 is 4.39 Å². The number of nitrogens with one attached hydrogen (secondary N) is 1. The first-order valence-corrected chi connectivity index (χ1v) is 7.12. The molecular weight excluding hydrogens is 261 g/mol. The fourth-order valence-corrected chi connectivity index (χ4v) is 2.47. The van der Waals surface area contributed by atoms with Gasteiger partial charge in [0.25, 0.3) is 0 Å². The molecule has 0 amide bonds. The number of aromatic nitrogens is 2. The smallest absolute Gasteiger partial charge is 0.223 e. The Kier molecular flexibility index (Phi) is 4.74. The van der Waals surface area contributed by atoms with E-state index < -0.39 is 0 Å². The Morgan fingerprint density at radius 1 is 1.37 bits per heavy atom. The predicted molar refractivity (Wildman–Crippen MR) is 76.9 cm³/mol. The summed E-state index contributed by atoms with van der Waals surface area (Å²) >= 11 is 1.38. The zero-order chi connectivity index (χ0) is 13.7. The average molecular weight is 277 g/mol. The van der Waals surface area contributed by atoms with Crippen LogP contribution in [0.25, 0.3) is 0 Å². The molecule has 1 N–H and O–H groups in total. The van der Waals surface area contributed by atoms with Gasteiger partial charge in [-0.2, -0.15) is 0 Å². The van der Waals surface area contributed by atoms with Gasteiger partial charge in [0.1, 0.15) is 5.03 Å². The van der Waals surface area contributed by atoms with Gasteiger partial charge in [0, 0.05) is 12.3 Å². The number of benzene rings is 1. The minimum atomic E-state index is -0.376. The van der Waals surface area contributed by atoms with Crippen LogP contribution in [0, 0.1) is 12.7 Å². The van der Waals surface area contributed by atoms with Crippen molar-refractivity contribution >= 4 is 17.7 Å². The van der Waals surface area contributed by atoms with E-state index >= 15 is 0 Å². The molecule has 100 valence electrons. The van der Waals surface area contributed by atoms with Gasteiger partial charge in [-0.05, 0) is 19.4 Å². The largest absolute Gasteiger partial charge is 0.354 e. The molecule has 0 radical (unpaired) electrons. The summed E-state index contributed by atoms with van der Waals surface area (Å²) in [6, 6.07) is 8.18. The molecule has 0 spiro atoms. The van der Waals surface area contributed by atoms with Crippen LogP contribution in [-0.4, -0.2) is 16.5 Å². The summed E-state index contributed by atoms with van der Waals surface area (Å²) in [4.78, 5) is 8.05. The van der Waals surface area contributed by atoms with Crippen molar-refractivity contribution in [2.75, 3.05) is 11.9 Å². The molecule has 1 aromatic heterocycles. The molecule has 0 fully saturated rings. The number of nitrogens with zero attached hydrogens (tertiary/aromatic N) is 2. The van der Waals surface area contributed by atoms with Gasteiger partial charge in [-0.1, -0.05) is 41.6 Å². The van der Waals surface area contributed by atoms with Crippen molar-refractivity contribution in [3.63, 3.8) is 0 Å². The molecule has 1 heterocycles. The van der Waals surface area contributed by atoms with Crippen molar-refractivity contribution in [1.82, 2.24) is 9.97 Å². The average Bonchev–Trinajstić information content (AvgIpc) is 2.40. The molecular formula is C14H16FN3S. The van der Waals surface area contributed by atoms with E-state index in [-0.39, 0.29) is 5.82 Å². The van der Waals surface area contributed by atoms with Crippen molar-refractivity contribution in [2.45, 2.75) is 24.6 Å². The van der Waals surface area contributed by atoms with Gasteiger partial charge in [-0.15, -0.1) is 0 Å². The molecule has 19 heavy (non-hydrogen) atoms. The Morgan fingerprint density at radius 2 is 2.21 bits per heavy atom. The van der Waals surface area contributed by atoms with Gasteiger partial charge in [0.2, 0.25) is 5.95 Å². The highest BCUT2D eigenvalue weighted by Crippen LogP contribution is 2.24. The second-order valence-electron chi connectivity index (χ2n) is 4.15. The predicted octanol–water partition coefficient (Wildman–Crippen LogP) is 3.65. The van der Waals surface area contributed by atoms with Crippen LogP contribution in [0.5, 0.6) is 0 Å². The number of halogens is 1. The van der Waals surface area contributed by atoms with E-state index in [1.165, 1.54) is 23.5 Å². The lowest BCUT2D eigenvalue weighted by atomic mass is 10.2. The van der Waals surface area contributed by atoms with Crippen LogP contribution in [0.1, 0.15) is 18.1 Å². The van der Waals surface area contributed by atoms with Gasteiger partial charge >= 0.3 is 0 Å². The highest BCUT2D eigenvalue weighted by atomic mass is 32.2. The number of anilines is 1. The number of hydrogen-bond donors (Lipinski definition) is 1. The van der Waals surface area contributed by atoms with E-state index in [1.807, 2.05) is 32.0 Å². The van der Waals surface area contributed by atoms with Crippen LogP contribution >= 0.6 is 11.8 Å². The van der Waals surface area contributed by atoms with Crippen LogP contribution in [0.2, 0.25) is 0 Å². The maximum atomic E-state index is 13.6. The SMILES string of the molecule is CCNc1ncc(F)c(SCc2cccc(C)c2)n1. The van der Waals surface area contributed by atoms with Crippen LogP contribution < -0.4 is 5.32 Å². The first-order chi connectivity index (χ1) is 9.19. The number of rotatable bonds is 5. The van der Waals surface area contributed by atoms with Crippen LogP contribution in [-0.2, 0) is 5.75 Å². The van der Waals surface area contributed by atoms with Crippen molar-refractivity contribution in [3.8, 4) is 0 Å². The Balaban J connectivity index is 2.08. The Hall–Kier alpha value is -1.62. The zero-order valence-electron chi connectivity index (χ0n) is 11.0. The van der Waals surface area contributed by atoms with Crippen LogP contribution in [0.15, 0.2) is 35.5 Å². The highest BCUT2D eigenvalue weighted by molar-refractivity contribution is 7.98. The Bertz CT molecular complexity index is 560. The number of hydrogen-bond acceptors (Lipinski definition) is 4. The van der Waals surface area contributed by atoms with Crippen molar-refractivity contribution in [2.24, 2.45) is 0 Å². The third kappa shape index (κ3) is 3.92. The van der Waals surface area contributed by atoms with Gasteiger partial charge in [-0.25, -0.2) is 14.4 Å². The van der Waals surface area contributed by atoms with Gasteiger partial charge < -0.3 is 5.32 Å². The van der Waals surface area contributed by atoms with Gasteiger partial charge in [0.05, 0.1) is 6.20 Å². The fourth-order valence-electron chi connectivity index (χ4n) is 1.65. The minimum absolute atomic E-state index is 0.376. The summed E-state index contributed by atoms with van der Waals surface area (Å²) in [5, 5.41) is 3.36. The monoisotopic (exact) mass is 277 g/mol. The molecule has 0 saturated heterocycles. The zero-order valence-corrected chi connectivity index (χ0v) is 11.8. The van der Waals surface area contributed by atoms with E-state index in [0.717, 1.165) is 5.56 Å². The van der Waals surface area contributed by atoms with E-state index in [2.05, 4.69) is 21.4 Å². The fraction of sp³-hybridized carbons (Fsp3) is 0.286. The molecule has 0 bridgehead atoms. The van der Waals surface area contributed by atoms with E-state index in [4.69, 9.17) is 0 Å². The lowest BCUT2D eigenvalue weighted by Gasteiger charge is -2.06. The van der Waals surface area contributed by atoms with E-state index in [0.29, 0.717) is 23.3 Å². The summed E-state index contributed by atoms with van der Waals surface area (Å²) < 4.78 is 13.6. The molecule has 0 aliphatic rings. The molecule has 0 unspecified atom stereocenters. The Labute approximate surface area is 116 Å². The standard InChI is InChI=1S/C14H16FN3S/c1-3-16-14-17-8-12(15)13(18-14)19-9-11-6-4-5-10(2)7-11/h4-8H,3,9H2,1-2H3,(H,16,17,18). The maximum Gasteiger partial charge on any atom is 0.223 e. The first-order valence-electron chi connectivity index (χ1n) is 6.14. The molecule has 5 heteroatoms. The van der Waals surface area contributed by atoms with Crippen molar-refractivity contribution in [3.05, 3.63) is 47.4 Å². The van der Waals surface area contributed by atoms with E-state index in [9.17, 15) is 4.39 Å². The van der Waals surface area contributed by atoms with E-state index in [1.54, 1.807) is 0 Å². The number of thioether (sulfide) groups is 1. The second-order valence-corrected chi connectivity index (χ2v) is 5.12. The second kappa shape index (κ2) is 6.52. The minimum Gasteiger partial charge on any atom is -0.354 e. The lowest BCUT2D eigenvalue weighted by molar-refractivity contribution is 0.580.